The lowest BCUT2D eigenvalue weighted by molar-refractivity contribution is -0.138. The Balaban J connectivity index is 2.24. The van der Waals surface area contributed by atoms with Gasteiger partial charge in [0, 0.05) is 20.1 Å². The van der Waals surface area contributed by atoms with Crippen molar-refractivity contribution in [3.63, 3.8) is 0 Å². The first-order valence-electron chi connectivity index (χ1n) is 5.54. The van der Waals surface area contributed by atoms with E-state index in [1.807, 2.05) is 6.07 Å². The lowest BCUT2D eigenvalue weighted by atomic mass is 10.2. The summed E-state index contributed by atoms with van der Waals surface area (Å²) in [5, 5.41) is 17.9. The molecule has 2 unspecified atom stereocenters. The summed E-state index contributed by atoms with van der Waals surface area (Å²) >= 11 is 0. The highest BCUT2D eigenvalue weighted by Gasteiger charge is 2.37. The largest absolute Gasteiger partial charge is 0.480 e. The number of carboxylic acid groups (broad SMARTS) is 1. The van der Waals surface area contributed by atoms with Crippen LogP contribution in [0.3, 0.4) is 0 Å². The number of anilines is 1. The fourth-order valence-electron chi connectivity index (χ4n) is 2.11. The third kappa shape index (κ3) is 2.26. The smallest absolute Gasteiger partial charge is 0.326 e. The number of nitriles is 1. The van der Waals surface area contributed by atoms with Gasteiger partial charge in [-0.3, -0.25) is 0 Å². The Kier molecular flexibility index (Phi) is 3.44. The van der Waals surface area contributed by atoms with Gasteiger partial charge in [0.25, 0.3) is 0 Å². The van der Waals surface area contributed by atoms with Crippen LogP contribution in [0, 0.1) is 11.3 Å². The molecule has 0 radical (unpaired) electrons. The molecule has 2 heterocycles. The summed E-state index contributed by atoms with van der Waals surface area (Å²) in [5.41, 5.74) is 1.01. The number of methoxy groups -OCH3 is 1. The summed E-state index contributed by atoms with van der Waals surface area (Å²) in [4.78, 5) is 16.9. The number of carbonyl (C=O) groups is 1. The number of hydrogen-bond acceptors (Lipinski definition) is 5. The van der Waals surface area contributed by atoms with Gasteiger partial charge in [0.05, 0.1) is 18.0 Å². The summed E-state index contributed by atoms with van der Waals surface area (Å²) < 4.78 is 5.21. The van der Waals surface area contributed by atoms with Gasteiger partial charge in [-0.15, -0.1) is 0 Å². The molecular weight excluding hydrogens is 234 g/mol. The van der Waals surface area contributed by atoms with Crippen LogP contribution in [-0.2, 0) is 9.53 Å². The second-order valence-electron chi connectivity index (χ2n) is 4.11. The Morgan fingerprint density at radius 3 is 2.94 bits per heavy atom. The molecule has 1 aliphatic rings. The standard InChI is InChI=1S/C12H13N3O3/c1-18-10-4-11(12(16)17)15(7-10)9-3-2-8(5-13)14-6-9/h2-3,6,10-11H,4,7H2,1H3,(H,16,17). The zero-order valence-electron chi connectivity index (χ0n) is 9.91. The molecule has 0 spiro atoms. The molecule has 1 aliphatic heterocycles. The van der Waals surface area contributed by atoms with Crippen LogP contribution in [0.4, 0.5) is 5.69 Å². The van der Waals surface area contributed by atoms with Crippen molar-refractivity contribution in [1.29, 1.82) is 5.26 Å². The molecule has 1 saturated heterocycles. The maximum Gasteiger partial charge on any atom is 0.326 e. The summed E-state index contributed by atoms with van der Waals surface area (Å²) in [5.74, 6) is -0.876. The summed E-state index contributed by atoms with van der Waals surface area (Å²) in [6.45, 7) is 0.515. The lowest BCUT2D eigenvalue weighted by Gasteiger charge is -2.22. The van der Waals surface area contributed by atoms with Crippen LogP contribution in [0.2, 0.25) is 0 Å². The molecule has 6 heteroatoms. The van der Waals surface area contributed by atoms with Crippen LogP contribution in [0.5, 0.6) is 0 Å². The monoisotopic (exact) mass is 247 g/mol. The average molecular weight is 247 g/mol. The minimum atomic E-state index is -0.876. The molecule has 1 fully saturated rings. The summed E-state index contributed by atoms with van der Waals surface area (Å²) in [6.07, 6.45) is 1.87. The van der Waals surface area contributed by atoms with Crippen molar-refractivity contribution in [2.24, 2.45) is 0 Å². The highest BCUT2D eigenvalue weighted by Crippen LogP contribution is 2.26. The molecule has 1 N–H and O–H groups in total. The number of pyridine rings is 1. The molecule has 0 aromatic carbocycles. The fraction of sp³-hybridized carbons (Fsp3) is 0.417. The van der Waals surface area contributed by atoms with E-state index < -0.39 is 12.0 Å². The van der Waals surface area contributed by atoms with Gasteiger partial charge in [0.15, 0.2) is 0 Å². The highest BCUT2D eigenvalue weighted by atomic mass is 16.5. The number of hydrogen-bond donors (Lipinski definition) is 1. The van der Waals surface area contributed by atoms with E-state index in [0.29, 0.717) is 24.3 Å². The predicted octanol–water partition coefficient (Wildman–Crippen LogP) is 0.632. The molecule has 18 heavy (non-hydrogen) atoms. The Morgan fingerprint density at radius 2 is 2.44 bits per heavy atom. The van der Waals surface area contributed by atoms with Crippen LogP contribution < -0.4 is 4.90 Å². The maximum atomic E-state index is 11.2. The SMILES string of the molecule is COC1CC(C(=O)O)N(c2ccc(C#N)nc2)C1. The van der Waals surface area contributed by atoms with Crippen molar-refractivity contribution >= 4 is 11.7 Å². The normalized spacial score (nSPS) is 22.8. The first kappa shape index (κ1) is 12.3. The first-order chi connectivity index (χ1) is 8.65. The van der Waals surface area contributed by atoms with E-state index in [9.17, 15) is 9.90 Å². The van der Waals surface area contributed by atoms with Gasteiger partial charge in [-0.1, -0.05) is 0 Å². The number of rotatable bonds is 3. The predicted molar refractivity (Wildman–Crippen MR) is 63.1 cm³/mol. The van der Waals surface area contributed by atoms with Gasteiger partial charge in [-0.05, 0) is 12.1 Å². The first-order valence-corrected chi connectivity index (χ1v) is 5.54. The molecule has 2 rings (SSSR count). The third-order valence-corrected chi connectivity index (χ3v) is 3.08. The summed E-state index contributed by atoms with van der Waals surface area (Å²) in [7, 11) is 1.57. The number of nitrogens with zero attached hydrogens (tertiary/aromatic N) is 3. The van der Waals surface area contributed by atoms with Crippen molar-refractivity contribution in [3.05, 3.63) is 24.0 Å². The number of carboxylic acids is 1. The van der Waals surface area contributed by atoms with Gasteiger partial charge < -0.3 is 14.7 Å². The Morgan fingerprint density at radius 1 is 1.67 bits per heavy atom. The molecule has 94 valence electrons. The maximum absolute atomic E-state index is 11.2. The van der Waals surface area contributed by atoms with Crippen LogP contribution >= 0.6 is 0 Å². The van der Waals surface area contributed by atoms with Crippen molar-refractivity contribution < 1.29 is 14.6 Å². The van der Waals surface area contributed by atoms with Gasteiger partial charge in [-0.25, -0.2) is 9.78 Å². The van der Waals surface area contributed by atoms with Gasteiger partial charge in [0.2, 0.25) is 0 Å². The van der Waals surface area contributed by atoms with E-state index in [1.54, 1.807) is 24.1 Å². The topological polar surface area (TPSA) is 86.5 Å². The molecule has 2 atom stereocenters. The minimum absolute atomic E-state index is 0.0956. The fourth-order valence-corrected chi connectivity index (χ4v) is 2.11. The lowest BCUT2D eigenvalue weighted by Crippen LogP contribution is -2.36. The average Bonchev–Trinajstić information content (AvgIpc) is 2.83. The molecule has 1 aromatic heterocycles. The van der Waals surface area contributed by atoms with Crippen LogP contribution in [-0.4, -0.2) is 41.9 Å². The van der Waals surface area contributed by atoms with E-state index in [2.05, 4.69) is 4.98 Å². The van der Waals surface area contributed by atoms with Crippen molar-refractivity contribution in [1.82, 2.24) is 4.98 Å². The van der Waals surface area contributed by atoms with E-state index in [4.69, 9.17) is 10.00 Å². The zero-order valence-corrected chi connectivity index (χ0v) is 9.91. The molecule has 0 aliphatic carbocycles. The van der Waals surface area contributed by atoms with Crippen molar-refractivity contribution in [2.75, 3.05) is 18.6 Å². The van der Waals surface area contributed by atoms with Gasteiger partial charge >= 0.3 is 5.97 Å². The number of ether oxygens (including phenoxy) is 1. The van der Waals surface area contributed by atoms with Crippen LogP contribution in [0.1, 0.15) is 12.1 Å². The van der Waals surface area contributed by atoms with Crippen molar-refractivity contribution in [2.45, 2.75) is 18.6 Å². The quantitative estimate of drug-likeness (QED) is 0.843. The van der Waals surface area contributed by atoms with E-state index >= 15 is 0 Å². The Bertz CT molecular complexity index is 480. The Hall–Kier alpha value is -2.13. The third-order valence-electron chi connectivity index (χ3n) is 3.08. The Labute approximate surface area is 104 Å². The van der Waals surface area contributed by atoms with E-state index in [1.165, 1.54) is 6.20 Å². The molecule has 6 nitrogen and oxygen atoms in total. The van der Waals surface area contributed by atoms with E-state index in [-0.39, 0.29) is 6.10 Å². The minimum Gasteiger partial charge on any atom is -0.480 e. The molecule has 0 amide bonds. The molecule has 0 saturated carbocycles. The zero-order chi connectivity index (χ0) is 13.1. The van der Waals surface area contributed by atoms with E-state index in [0.717, 1.165) is 0 Å². The molecule has 1 aromatic rings. The summed E-state index contributed by atoms with van der Waals surface area (Å²) in [6, 6.07) is 4.61. The molecular formula is C12H13N3O3. The number of aliphatic carboxylic acids is 1. The van der Waals surface area contributed by atoms with Gasteiger partial charge in [-0.2, -0.15) is 5.26 Å². The second kappa shape index (κ2) is 5.02. The van der Waals surface area contributed by atoms with Gasteiger partial charge in [0.1, 0.15) is 17.8 Å². The van der Waals surface area contributed by atoms with Crippen molar-refractivity contribution in [3.8, 4) is 6.07 Å². The molecule has 0 bridgehead atoms. The highest BCUT2D eigenvalue weighted by molar-refractivity contribution is 5.79. The van der Waals surface area contributed by atoms with Crippen LogP contribution in [0.15, 0.2) is 18.3 Å². The number of aromatic nitrogens is 1. The second-order valence-corrected chi connectivity index (χ2v) is 4.11. The van der Waals surface area contributed by atoms with Crippen LogP contribution in [0.25, 0.3) is 0 Å².